The molecule has 0 unspecified atom stereocenters. The van der Waals surface area contributed by atoms with E-state index >= 15 is 0 Å². The standard InChI is InChI=1S/C12H21NO3/c1-7(2)5-10(12(15)16-4)13-11(14)9-6-8(9)3/h7-10H,5-6H2,1-4H3,(H,13,14)/t8-,9-,10+/m1/s1. The second-order valence-electron chi connectivity index (χ2n) is 5.03. The summed E-state index contributed by atoms with van der Waals surface area (Å²) in [5, 5.41) is 2.78. The van der Waals surface area contributed by atoms with E-state index < -0.39 is 6.04 Å². The van der Waals surface area contributed by atoms with Crippen LogP contribution in [0.15, 0.2) is 0 Å². The molecule has 0 heterocycles. The molecule has 0 bridgehead atoms. The predicted molar refractivity (Wildman–Crippen MR) is 60.7 cm³/mol. The van der Waals surface area contributed by atoms with E-state index in [9.17, 15) is 9.59 Å². The molecule has 4 nitrogen and oxygen atoms in total. The summed E-state index contributed by atoms with van der Waals surface area (Å²) in [6.07, 6.45) is 1.56. The third-order valence-electron chi connectivity index (χ3n) is 2.96. The van der Waals surface area contributed by atoms with Gasteiger partial charge < -0.3 is 10.1 Å². The zero-order valence-corrected chi connectivity index (χ0v) is 10.4. The van der Waals surface area contributed by atoms with Crippen LogP contribution >= 0.6 is 0 Å². The van der Waals surface area contributed by atoms with Crippen LogP contribution in [0.5, 0.6) is 0 Å². The Morgan fingerprint density at radius 2 is 2.00 bits per heavy atom. The SMILES string of the molecule is COC(=O)[C@H](CC(C)C)NC(=O)[C@@H]1C[C@H]1C. The zero-order chi connectivity index (χ0) is 12.3. The first-order chi connectivity index (χ1) is 7.45. The van der Waals surface area contributed by atoms with Gasteiger partial charge in [-0.15, -0.1) is 0 Å². The summed E-state index contributed by atoms with van der Waals surface area (Å²) in [4.78, 5) is 23.2. The van der Waals surface area contributed by atoms with Crippen molar-refractivity contribution < 1.29 is 14.3 Å². The van der Waals surface area contributed by atoms with Crippen LogP contribution in [0.4, 0.5) is 0 Å². The van der Waals surface area contributed by atoms with Gasteiger partial charge in [0, 0.05) is 5.92 Å². The molecule has 0 spiro atoms. The average Bonchev–Trinajstić information content (AvgIpc) is 2.92. The van der Waals surface area contributed by atoms with Crippen LogP contribution in [0.3, 0.4) is 0 Å². The smallest absolute Gasteiger partial charge is 0.328 e. The number of methoxy groups -OCH3 is 1. The van der Waals surface area contributed by atoms with Crippen LogP contribution in [0.2, 0.25) is 0 Å². The second-order valence-corrected chi connectivity index (χ2v) is 5.03. The first kappa shape index (κ1) is 13.0. The summed E-state index contributed by atoms with van der Waals surface area (Å²) in [7, 11) is 1.35. The fourth-order valence-corrected chi connectivity index (χ4v) is 1.79. The van der Waals surface area contributed by atoms with E-state index in [2.05, 4.69) is 10.1 Å². The minimum Gasteiger partial charge on any atom is -0.467 e. The highest BCUT2D eigenvalue weighted by atomic mass is 16.5. The minimum absolute atomic E-state index is 0.0106. The average molecular weight is 227 g/mol. The molecule has 3 atom stereocenters. The molecule has 1 amide bonds. The van der Waals surface area contributed by atoms with Gasteiger partial charge in [-0.1, -0.05) is 20.8 Å². The summed E-state index contributed by atoms with van der Waals surface area (Å²) in [6, 6.07) is -0.495. The Labute approximate surface area is 96.7 Å². The van der Waals surface area contributed by atoms with Gasteiger partial charge in [-0.05, 0) is 24.7 Å². The largest absolute Gasteiger partial charge is 0.467 e. The Morgan fingerprint density at radius 3 is 2.38 bits per heavy atom. The number of hydrogen-bond acceptors (Lipinski definition) is 3. The molecule has 1 rings (SSSR count). The lowest BCUT2D eigenvalue weighted by Crippen LogP contribution is -2.43. The van der Waals surface area contributed by atoms with Crippen LogP contribution in [0.1, 0.15) is 33.6 Å². The zero-order valence-electron chi connectivity index (χ0n) is 10.4. The Kier molecular flexibility index (Phi) is 4.33. The maximum atomic E-state index is 11.7. The van der Waals surface area contributed by atoms with Gasteiger partial charge in [0.2, 0.25) is 5.91 Å². The van der Waals surface area contributed by atoms with Crippen LogP contribution in [0, 0.1) is 17.8 Å². The van der Waals surface area contributed by atoms with Crippen LogP contribution in [-0.4, -0.2) is 25.0 Å². The lowest BCUT2D eigenvalue weighted by molar-refractivity contribution is -0.145. The Bertz CT molecular complexity index is 275. The molecule has 0 aromatic carbocycles. The summed E-state index contributed by atoms with van der Waals surface area (Å²) in [6.45, 7) is 6.07. The van der Waals surface area contributed by atoms with Crippen molar-refractivity contribution in [3.63, 3.8) is 0 Å². The Hall–Kier alpha value is -1.06. The highest BCUT2D eigenvalue weighted by Crippen LogP contribution is 2.37. The van der Waals surface area contributed by atoms with Gasteiger partial charge in [-0.25, -0.2) is 4.79 Å². The van der Waals surface area contributed by atoms with Crippen LogP contribution in [0.25, 0.3) is 0 Å². The fourth-order valence-electron chi connectivity index (χ4n) is 1.79. The van der Waals surface area contributed by atoms with E-state index in [0.29, 0.717) is 18.3 Å². The Morgan fingerprint density at radius 1 is 1.44 bits per heavy atom. The molecule has 1 aliphatic rings. The molecule has 1 saturated carbocycles. The second kappa shape index (κ2) is 5.32. The lowest BCUT2D eigenvalue weighted by Gasteiger charge is -2.18. The van der Waals surface area contributed by atoms with Gasteiger partial charge in [-0.2, -0.15) is 0 Å². The third kappa shape index (κ3) is 3.51. The van der Waals surface area contributed by atoms with Crippen molar-refractivity contribution in [1.82, 2.24) is 5.32 Å². The molecule has 0 aromatic rings. The van der Waals surface area contributed by atoms with Gasteiger partial charge >= 0.3 is 5.97 Å². The number of amides is 1. The number of rotatable bonds is 5. The number of carbonyl (C=O) groups excluding carboxylic acids is 2. The molecular weight excluding hydrogens is 206 g/mol. The Balaban J connectivity index is 2.49. The van der Waals surface area contributed by atoms with Crippen molar-refractivity contribution in [2.45, 2.75) is 39.7 Å². The van der Waals surface area contributed by atoms with Crippen molar-refractivity contribution in [1.29, 1.82) is 0 Å². The first-order valence-corrected chi connectivity index (χ1v) is 5.84. The normalized spacial score (nSPS) is 25.1. The molecule has 92 valence electrons. The van der Waals surface area contributed by atoms with Gasteiger partial charge in [0.25, 0.3) is 0 Å². The van der Waals surface area contributed by atoms with E-state index in [1.807, 2.05) is 20.8 Å². The molecule has 0 radical (unpaired) electrons. The number of carbonyl (C=O) groups is 2. The monoisotopic (exact) mass is 227 g/mol. The van der Waals surface area contributed by atoms with Crippen LogP contribution in [-0.2, 0) is 14.3 Å². The fraction of sp³-hybridized carbons (Fsp3) is 0.833. The predicted octanol–water partition coefficient (Wildman–Crippen LogP) is 1.35. The van der Waals surface area contributed by atoms with Gasteiger partial charge in [0.15, 0.2) is 0 Å². The molecule has 16 heavy (non-hydrogen) atoms. The lowest BCUT2D eigenvalue weighted by atomic mass is 10.0. The van der Waals surface area contributed by atoms with Crippen molar-refractivity contribution >= 4 is 11.9 Å². The minimum atomic E-state index is -0.495. The van der Waals surface area contributed by atoms with Crippen LogP contribution < -0.4 is 5.32 Å². The molecular formula is C12H21NO3. The maximum Gasteiger partial charge on any atom is 0.328 e. The van der Waals surface area contributed by atoms with Crippen molar-refractivity contribution in [2.24, 2.45) is 17.8 Å². The summed E-state index contributed by atoms with van der Waals surface area (Å²) in [5.74, 6) is 0.539. The maximum absolute atomic E-state index is 11.7. The van der Waals surface area contributed by atoms with E-state index in [-0.39, 0.29) is 17.8 Å². The van der Waals surface area contributed by atoms with Gasteiger partial charge in [0.05, 0.1) is 7.11 Å². The summed E-state index contributed by atoms with van der Waals surface area (Å²) in [5.41, 5.74) is 0. The molecule has 1 fully saturated rings. The molecule has 0 aromatic heterocycles. The van der Waals surface area contributed by atoms with Crippen molar-refractivity contribution in [3.8, 4) is 0 Å². The number of ether oxygens (including phenoxy) is 1. The summed E-state index contributed by atoms with van der Waals surface area (Å²) >= 11 is 0. The van der Waals surface area contributed by atoms with Gasteiger partial charge in [0.1, 0.15) is 6.04 Å². The van der Waals surface area contributed by atoms with Crippen molar-refractivity contribution in [3.05, 3.63) is 0 Å². The topological polar surface area (TPSA) is 55.4 Å². The van der Waals surface area contributed by atoms with E-state index in [1.54, 1.807) is 0 Å². The molecule has 1 N–H and O–H groups in total. The molecule has 0 saturated heterocycles. The number of esters is 1. The van der Waals surface area contributed by atoms with Gasteiger partial charge in [-0.3, -0.25) is 4.79 Å². The number of nitrogens with one attached hydrogen (secondary N) is 1. The quantitative estimate of drug-likeness (QED) is 0.721. The third-order valence-corrected chi connectivity index (χ3v) is 2.96. The summed E-state index contributed by atoms with van der Waals surface area (Å²) < 4.78 is 4.69. The first-order valence-electron chi connectivity index (χ1n) is 5.84. The van der Waals surface area contributed by atoms with E-state index in [4.69, 9.17) is 0 Å². The van der Waals surface area contributed by atoms with E-state index in [1.165, 1.54) is 7.11 Å². The highest BCUT2D eigenvalue weighted by molar-refractivity contribution is 5.87. The molecule has 1 aliphatic carbocycles. The highest BCUT2D eigenvalue weighted by Gasteiger charge is 2.40. The molecule has 4 heteroatoms. The molecule has 0 aliphatic heterocycles. The van der Waals surface area contributed by atoms with E-state index in [0.717, 1.165) is 6.42 Å². The van der Waals surface area contributed by atoms with Crippen molar-refractivity contribution in [2.75, 3.05) is 7.11 Å². The number of hydrogen-bond donors (Lipinski definition) is 1.